The van der Waals surface area contributed by atoms with Crippen molar-refractivity contribution in [2.45, 2.75) is 49.0 Å². The van der Waals surface area contributed by atoms with E-state index in [4.69, 9.17) is 9.47 Å². The minimum absolute atomic E-state index is 0.0457. The van der Waals surface area contributed by atoms with Gasteiger partial charge in [0.25, 0.3) is 0 Å². The van der Waals surface area contributed by atoms with E-state index in [9.17, 15) is 13.2 Å². The number of benzene rings is 1. The van der Waals surface area contributed by atoms with E-state index >= 15 is 0 Å². The Bertz CT molecular complexity index is 849. The lowest BCUT2D eigenvalue weighted by Gasteiger charge is -2.48. The molecule has 136 valence electrons. The van der Waals surface area contributed by atoms with Crippen LogP contribution in [0.2, 0.25) is 0 Å². The molecule has 4 atom stereocenters. The summed E-state index contributed by atoms with van der Waals surface area (Å²) in [5, 5.41) is 0. The van der Waals surface area contributed by atoms with Crippen LogP contribution in [0.1, 0.15) is 38.2 Å². The minimum atomic E-state index is -3.59. The molecule has 0 spiro atoms. The number of rotatable bonds is 3. The summed E-state index contributed by atoms with van der Waals surface area (Å²) in [7, 11) is -0.520. The van der Waals surface area contributed by atoms with Crippen molar-refractivity contribution >= 4 is 15.8 Å². The van der Waals surface area contributed by atoms with Crippen LogP contribution in [0.4, 0.5) is 0 Å². The first-order valence-electron chi connectivity index (χ1n) is 8.64. The second-order valence-corrected chi connectivity index (χ2v) is 9.18. The number of hydrogen-bond acceptors (Lipinski definition) is 5. The molecule has 1 saturated carbocycles. The fraction of sp³-hybridized carbons (Fsp3) is 0.611. The molecule has 1 aromatic rings. The fourth-order valence-corrected chi connectivity index (χ4v) is 7.06. The van der Waals surface area contributed by atoms with Crippen molar-refractivity contribution in [2.75, 3.05) is 20.8 Å². The minimum Gasteiger partial charge on any atom is -0.493 e. The lowest BCUT2D eigenvalue weighted by atomic mass is 9.63. The highest BCUT2D eigenvalue weighted by Crippen LogP contribution is 2.58. The molecule has 3 aliphatic rings. The van der Waals surface area contributed by atoms with Crippen molar-refractivity contribution in [1.29, 1.82) is 0 Å². The molecular weight excluding hydrogens is 342 g/mol. The quantitative estimate of drug-likeness (QED) is 0.820. The Hall–Kier alpha value is -1.60. The van der Waals surface area contributed by atoms with Crippen LogP contribution in [-0.2, 0) is 20.2 Å². The molecule has 2 bridgehead atoms. The maximum atomic E-state index is 13.2. The highest BCUT2D eigenvalue weighted by Gasteiger charge is 2.60. The maximum absolute atomic E-state index is 13.2. The predicted octanol–water partition coefficient (Wildman–Crippen LogP) is 2.11. The second-order valence-electron chi connectivity index (χ2n) is 7.32. The Morgan fingerprint density at radius 2 is 1.88 bits per heavy atom. The molecule has 1 saturated heterocycles. The summed E-state index contributed by atoms with van der Waals surface area (Å²) in [5.74, 6) is 1.10. The van der Waals surface area contributed by atoms with Gasteiger partial charge in [-0.15, -0.1) is 0 Å². The number of ketones is 1. The summed E-state index contributed by atoms with van der Waals surface area (Å²) < 4.78 is 38.8. The van der Waals surface area contributed by atoms with Crippen LogP contribution < -0.4 is 9.47 Å². The van der Waals surface area contributed by atoms with Crippen molar-refractivity contribution < 1.29 is 22.7 Å². The third-order valence-electron chi connectivity index (χ3n) is 6.39. The van der Waals surface area contributed by atoms with Crippen LogP contribution >= 0.6 is 0 Å². The number of hydrogen-bond donors (Lipinski definition) is 0. The molecule has 7 heteroatoms. The molecule has 6 nitrogen and oxygen atoms in total. The van der Waals surface area contributed by atoms with Gasteiger partial charge in [0.05, 0.1) is 19.1 Å². The number of Topliss-reactive ketones (excluding diaryl/α,β-unsaturated/α-hetero) is 1. The zero-order valence-corrected chi connectivity index (χ0v) is 15.6. The van der Waals surface area contributed by atoms with Crippen LogP contribution in [-0.4, -0.2) is 45.3 Å². The van der Waals surface area contributed by atoms with Gasteiger partial charge in [-0.3, -0.25) is 4.79 Å². The predicted molar refractivity (Wildman–Crippen MR) is 91.5 cm³/mol. The van der Waals surface area contributed by atoms with Gasteiger partial charge in [0, 0.05) is 30.0 Å². The SMILES string of the molecule is COc1cc2c(cc1OC)S(=O)(=O)N1CC[C@]23CC[C@H](C(C)=O)C[C@@H]13. The topological polar surface area (TPSA) is 72.9 Å². The molecule has 0 amide bonds. The van der Waals surface area contributed by atoms with Crippen LogP contribution in [0, 0.1) is 5.92 Å². The molecular formula is C18H23NO5S. The van der Waals surface area contributed by atoms with Gasteiger partial charge in [0.1, 0.15) is 5.78 Å². The molecule has 1 aromatic carbocycles. The van der Waals surface area contributed by atoms with Crippen molar-refractivity contribution in [2.24, 2.45) is 5.92 Å². The summed E-state index contributed by atoms with van der Waals surface area (Å²) in [5.41, 5.74) is 0.623. The third-order valence-corrected chi connectivity index (χ3v) is 8.34. The molecule has 2 aliphatic heterocycles. The van der Waals surface area contributed by atoms with E-state index < -0.39 is 10.0 Å². The van der Waals surface area contributed by atoms with Crippen molar-refractivity contribution in [3.05, 3.63) is 17.7 Å². The van der Waals surface area contributed by atoms with Gasteiger partial charge in [-0.25, -0.2) is 8.42 Å². The van der Waals surface area contributed by atoms with Crippen LogP contribution in [0.15, 0.2) is 17.0 Å². The zero-order valence-electron chi connectivity index (χ0n) is 14.7. The molecule has 25 heavy (non-hydrogen) atoms. The van der Waals surface area contributed by atoms with E-state index in [1.165, 1.54) is 7.11 Å². The Labute approximate surface area is 148 Å². The normalized spacial score (nSPS) is 34.8. The van der Waals surface area contributed by atoms with Gasteiger partial charge in [0.15, 0.2) is 11.5 Å². The smallest absolute Gasteiger partial charge is 0.243 e. The molecule has 2 fully saturated rings. The van der Waals surface area contributed by atoms with Crippen molar-refractivity contribution in [3.63, 3.8) is 0 Å². The standard InChI is InChI=1S/C18H23NO5S/c1-11(20)12-4-5-18-6-7-19(17(18)8-12)25(21,22)16-10-15(24-3)14(23-2)9-13(16)18/h9-10,12,17H,4-8H2,1-3H3/t12-,17+,18+/m0/s1. The summed E-state index contributed by atoms with van der Waals surface area (Å²) in [6, 6.07) is 3.30. The average molecular weight is 365 g/mol. The Morgan fingerprint density at radius 3 is 2.52 bits per heavy atom. The first kappa shape index (κ1) is 16.8. The number of carbonyl (C=O) groups is 1. The lowest BCUT2D eigenvalue weighted by molar-refractivity contribution is -0.122. The fourth-order valence-electron chi connectivity index (χ4n) is 5.06. The maximum Gasteiger partial charge on any atom is 0.243 e. The van der Waals surface area contributed by atoms with E-state index in [2.05, 4.69) is 0 Å². The van der Waals surface area contributed by atoms with Crippen molar-refractivity contribution in [3.8, 4) is 11.5 Å². The van der Waals surface area contributed by atoms with Gasteiger partial charge in [-0.1, -0.05) is 0 Å². The van der Waals surface area contributed by atoms with Gasteiger partial charge in [0.2, 0.25) is 10.0 Å². The molecule has 2 heterocycles. The number of sulfonamides is 1. The highest BCUT2D eigenvalue weighted by atomic mass is 32.2. The van der Waals surface area contributed by atoms with Gasteiger partial charge >= 0.3 is 0 Å². The van der Waals surface area contributed by atoms with E-state index in [0.717, 1.165) is 24.8 Å². The number of methoxy groups -OCH3 is 2. The van der Waals surface area contributed by atoms with E-state index in [-0.39, 0.29) is 23.2 Å². The van der Waals surface area contributed by atoms with Gasteiger partial charge in [-0.2, -0.15) is 4.31 Å². The molecule has 4 rings (SSSR count). The third kappa shape index (κ3) is 2.11. The highest BCUT2D eigenvalue weighted by molar-refractivity contribution is 7.89. The number of carbonyl (C=O) groups excluding carboxylic acids is 1. The Kier molecular flexibility index (Phi) is 3.67. The first-order chi connectivity index (χ1) is 11.8. The molecule has 1 unspecified atom stereocenters. The molecule has 0 radical (unpaired) electrons. The van der Waals surface area contributed by atoms with Crippen LogP contribution in [0.25, 0.3) is 0 Å². The van der Waals surface area contributed by atoms with Crippen LogP contribution in [0.5, 0.6) is 11.5 Å². The monoisotopic (exact) mass is 365 g/mol. The number of ether oxygens (including phenoxy) is 2. The second kappa shape index (κ2) is 5.45. The molecule has 0 aromatic heterocycles. The van der Waals surface area contributed by atoms with Gasteiger partial charge < -0.3 is 9.47 Å². The number of fused-ring (bicyclic) bond motifs is 1. The van der Waals surface area contributed by atoms with E-state index in [1.54, 1.807) is 24.4 Å². The lowest BCUT2D eigenvalue weighted by Crippen LogP contribution is -2.53. The Balaban J connectivity index is 1.93. The Morgan fingerprint density at radius 1 is 1.20 bits per heavy atom. The largest absolute Gasteiger partial charge is 0.493 e. The summed E-state index contributed by atoms with van der Waals surface area (Å²) in [6.07, 6.45) is 3.05. The van der Waals surface area contributed by atoms with Crippen LogP contribution in [0.3, 0.4) is 0 Å². The first-order valence-corrected chi connectivity index (χ1v) is 10.1. The van der Waals surface area contributed by atoms with E-state index in [0.29, 0.717) is 29.4 Å². The summed E-state index contributed by atoms with van der Waals surface area (Å²) in [6.45, 7) is 2.12. The van der Waals surface area contributed by atoms with Gasteiger partial charge in [-0.05, 0) is 44.2 Å². The molecule has 0 N–H and O–H groups in total. The zero-order chi connectivity index (χ0) is 18.0. The average Bonchev–Trinajstić information content (AvgIpc) is 2.96. The summed E-state index contributed by atoms with van der Waals surface area (Å²) in [4.78, 5) is 12.2. The number of nitrogens with zero attached hydrogens (tertiary/aromatic N) is 1. The summed E-state index contributed by atoms with van der Waals surface area (Å²) >= 11 is 0. The van der Waals surface area contributed by atoms with E-state index in [1.807, 2.05) is 6.07 Å². The molecule has 1 aliphatic carbocycles. The van der Waals surface area contributed by atoms with Crippen molar-refractivity contribution in [1.82, 2.24) is 4.31 Å².